The summed E-state index contributed by atoms with van der Waals surface area (Å²) in [5, 5.41) is 12.6. The van der Waals surface area contributed by atoms with Gasteiger partial charge in [0.2, 0.25) is 0 Å². The zero-order chi connectivity index (χ0) is 17.4. The molecule has 0 radical (unpaired) electrons. The number of carbonyl (C=O) groups is 1. The summed E-state index contributed by atoms with van der Waals surface area (Å²) in [6.45, 7) is 0.690. The standard InChI is InChI=1S/C19H25N3O3/c23-15-10-8-14(9-11-15)20-18(24)22-17-7-2-1-6-16(17)21(19(22)25)12-13-4-3-5-13/h1-2,6-7,13-15,23H,3-5,8-12H2,(H,20,24)/t14-,15-. The molecule has 2 aliphatic rings. The molecule has 1 aromatic heterocycles. The van der Waals surface area contributed by atoms with Crippen molar-refractivity contribution in [1.29, 1.82) is 0 Å². The number of aliphatic hydroxyl groups is 1. The number of carbonyl (C=O) groups excluding carboxylic acids is 1. The van der Waals surface area contributed by atoms with Crippen molar-refractivity contribution in [3.63, 3.8) is 0 Å². The quantitative estimate of drug-likeness (QED) is 0.899. The molecule has 2 aromatic rings. The topological polar surface area (TPSA) is 76.3 Å². The first kappa shape index (κ1) is 16.4. The summed E-state index contributed by atoms with van der Waals surface area (Å²) in [4.78, 5) is 25.7. The second-order valence-corrected chi connectivity index (χ2v) is 7.47. The number of aromatic nitrogens is 2. The van der Waals surface area contributed by atoms with Crippen molar-refractivity contribution in [3.05, 3.63) is 34.7 Å². The van der Waals surface area contributed by atoms with E-state index in [0.29, 0.717) is 30.8 Å². The average Bonchev–Trinajstić information content (AvgIpc) is 2.85. The third-order valence-electron chi connectivity index (χ3n) is 5.73. The van der Waals surface area contributed by atoms with Gasteiger partial charge >= 0.3 is 11.7 Å². The Hall–Kier alpha value is -2.08. The summed E-state index contributed by atoms with van der Waals surface area (Å²) in [6, 6.07) is 7.18. The highest BCUT2D eigenvalue weighted by Crippen LogP contribution is 2.28. The smallest absolute Gasteiger partial charge is 0.337 e. The summed E-state index contributed by atoms with van der Waals surface area (Å²) < 4.78 is 3.03. The second kappa shape index (κ2) is 6.67. The number of nitrogens with zero attached hydrogens (tertiary/aromatic N) is 2. The Bertz CT molecular complexity index is 826. The minimum absolute atomic E-state index is 0.0246. The highest BCUT2D eigenvalue weighted by atomic mass is 16.3. The van der Waals surface area contributed by atoms with E-state index in [1.54, 1.807) is 4.57 Å². The number of aliphatic hydroxyl groups excluding tert-OH is 1. The number of hydrogen-bond acceptors (Lipinski definition) is 3. The van der Waals surface area contributed by atoms with Crippen molar-refractivity contribution in [2.45, 2.75) is 63.6 Å². The maximum absolute atomic E-state index is 12.9. The molecule has 2 aliphatic carbocycles. The van der Waals surface area contributed by atoms with Gasteiger partial charge in [-0.15, -0.1) is 0 Å². The summed E-state index contributed by atoms with van der Waals surface area (Å²) >= 11 is 0. The second-order valence-electron chi connectivity index (χ2n) is 7.47. The average molecular weight is 343 g/mol. The number of hydrogen-bond donors (Lipinski definition) is 2. The van der Waals surface area contributed by atoms with Gasteiger partial charge in [0.25, 0.3) is 0 Å². The van der Waals surface area contributed by atoms with Crippen LogP contribution in [0, 0.1) is 5.92 Å². The lowest BCUT2D eigenvalue weighted by atomic mass is 9.85. The number of benzene rings is 1. The van der Waals surface area contributed by atoms with Crippen LogP contribution in [0.5, 0.6) is 0 Å². The van der Waals surface area contributed by atoms with E-state index in [2.05, 4.69) is 5.32 Å². The number of amides is 1. The third-order valence-corrected chi connectivity index (χ3v) is 5.73. The number of fused-ring (bicyclic) bond motifs is 1. The Labute approximate surface area is 146 Å². The molecule has 2 saturated carbocycles. The largest absolute Gasteiger partial charge is 0.393 e. The van der Waals surface area contributed by atoms with Crippen LogP contribution >= 0.6 is 0 Å². The van der Waals surface area contributed by atoms with Gasteiger partial charge in [-0.25, -0.2) is 14.2 Å². The van der Waals surface area contributed by atoms with Gasteiger partial charge in [0.05, 0.1) is 17.1 Å². The van der Waals surface area contributed by atoms with Crippen molar-refractivity contribution in [3.8, 4) is 0 Å². The Kier molecular flexibility index (Phi) is 4.37. The molecule has 0 bridgehead atoms. The fourth-order valence-electron chi connectivity index (χ4n) is 3.97. The third kappa shape index (κ3) is 3.11. The molecule has 4 rings (SSSR count). The molecule has 2 N–H and O–H groups in total. The molecule has 0 saturated heterocycles. The fourth-order valence-corrected chi connectivity index (χ4v) is 3.97. The highest BCUT2D eigenvalue weighted by molar-refractivity contribution is 5.89. The normalized spacial score (nSPS) is 24.2. The van der Waals surface area contributed by atoms with Gasteiger partial charge in [0, 0.05) is 12.6 Å². The minimum atomic E-state index is -0.352. The molecule has 0 atom stereocenters. The van der Waals surface area contributed by atoms with Crippen molar-refractivity contribution in [2.75, 3.05) is 0 Å². The van der Waals surface area contributed by atoms with Crippen LogP contribution in [0.25, 0.3) is 11.0 Å². The van der Waals surface area contributed by atoms with Crippen LogP contribution in [-0.4, -0.2) is 32.4 Å². The van der Waals surface area contributed by atoms with Crippen molar-refractivity contribution in [1.82, 2.24) is 14.5 Å². The summed E-state index contributed by atoms with van der Waals surface area (Å²) in [6.07, 6.45) is 6.18. The number of para-hydroxylation sites is 2. The highest BCUT2D eigenvalue weighted by Gasteiger charge is 2.26. The van der Waals surface area contributed by atoms with Gasteiger partial charge < -0.3 is 10.4 Å². The van der Waals surface area contributed by atoms with Gasteiger partial charge in [-0.05, 0) is 56.6 Å². The van der Waals surface area contributed by atoms with Gasteiger partial charge in [-0.2, -0.15) is 0 Å². The van der Waals surface area contributed by atoms with Crippen molar-refractivity contribution >= 4 is 17.1 Å². The number of imidazole rings is 1. The molecule has 1 heterocycles. The van der Waals surface area contributed by atoms with Crippen molar-refractivity contribution in [2.24, 2.45) is 5.92 Å². The SMILES string of the molecule is O=C(N[C@H]1CC[C@H](O)CC1)n1c(=O)n(CC2CCC2)c2ccccc21. The van der Waals surface area contributed by atoms with E-state index in [9.17, 15) is 14.7 Å². The van der Waals surface area contributed by atoms with E-state index in [0.717, 1.165) is 31.2 Å². The Morgan fingerprint density at radius 2 is 1.76 bits per heavy atom. The molecule has 0 spiro atoms. The maximum Gasteiger partial charge on any atom is 0.337 e. The Morgan fingerprint density at radius 3 is 2.40 bits per heavy atom. The van der Waals surface area contributed by atoms with E-state index in [-0.39, 0.29) is 23.9 Å². The molecule has 1 amide bonds. The van der Waals surface area contributed by atoms with E-state index in [4.69, 9.17) is 0 Å². The molecule has 134 valence electrons. The first-order chi connectivity index (χ1) is 12.1. The van der Waals surface area contributed by atoms with Crippen LogP contribution < -0.4 is 11.0 Å². The van der Waals surface area contributed by atoms with Gasteiger partial charge in [0.1, 0.15) is 0 Å². The number of nitrogens with one attached hydrogen (secondary N) is 1. The van der Waals surface area contributed by atoms with Crippen LogP contribution in [-0.2, 0) is 6.54 Å². The lowest BCUT2D eigenvalue weighted by Crippen LogP contribution is -2.44. The number of rotatable bonds is 3. The molecule has 6 nitrogen and oxygen atoms in total. The Balaban J connectivity index is 1.63. The summed E-state index contributed by atoms with van der Waals surface area (Å²) in [5.74, 6) is 0.542. The van der Waals surface area contributed by atoms with Crippen LogP contribution in [0.4, 0.5) is 4.79 Å². The lowest BCUT2D eigenvalue weighted by Gasteiger charge is -2.26. The van der Waals surface area contributed by atoms with Gasteiger partial charge in [0.15, 0.2) is 0 Å². The minimum Gasteiger partial charge on any atom is -0.393 e. The van der Waals surface area contributed by atoms with Crippen LogP contribution in [0.2, 0.25) is 0 Å². The molecule has 6 heteroatoms. The van der Waals surface area contributed by atoms with E-state index >= 15 is 0 Å². The predicted octanol–water partition coefficient (Wildman–Crippen LogP) is 2.46. The molecule has 0 aliphatic heterocycles. The van der Waals surface area contributed by atoms with Crippen LogP contribution in [0.3, 0.4) is 0 Å². The lowest BCUT2D eigenvalue weighted by molar-refractivity contribution is 0.118. The summed E-state index contributed by atoms with van der Waals surface area (Å²) in [7, 11) is 0. The van der Waals surface area contributed by atoms with E-state index < -0.39 is 0 Å². The van der Waals surface area contributed by atoms with Crippen LogP contribution in [0.15, 0.2) is 29.1 Å². The van der Waals surface area contributed by atoms with Gasteiger partial charge in [-0.3, -0.25) is 4.57 Å². The van der Waals surface area contributed by atoms with Crippen molar-refractivity contribution < 1.29 is 9.90 Å². The molecule has 2 fully saturated rings. The maximum atomic E-state index is 12.9. The summed E-state index contributed by atoms with van der Waals surface area (Å²) in [5.41, 5.74) is 1.25. The van der Waals surface area contributed by atoms with E-state index in [1.807, 2.05) is 24.3 Å². The molecule has 1 aromatic carbocycles. The first-order valence-corrected chi connectivity index (χ1v) is 9.32. The fraction of sp³-hybridized carbons (Fsp3) is 0.579. The zero-order valence-corrected chi connectivity index (χ0v) is 14.4. The molecule has 0 unspecified atom stereocenters. The predicted molar refractivity (Wildman–Crippen MR) is 95.7 cm³/mol. The van der Waals surface area contributed by atoms with Crippen LogP contribution in [0.1, 0.15) is 44.9 Å². The molecule has 25 heavy (non-hydrogen) atoms. The molecular weight excluding hydrogens is 318 g/mol. The molecular formula is C19H25N3O3. The Morgan fingerprint density at radius 1 is 1.08 bits per heavy atom. The first-order valence-electron chi connectivity index (χ1n) is 9.32. The van der Waals surface area contributed by atoms with Gasteiger partial charge in [-0.1, -0.05) is 18.6 Å². The monoisotopic (exact) mass is 343 g/mol. The van der Waals surface area contributed by atoms with E-state index in [1.165, 1.54) is 11.0 Å². The zero-order valence-electron chi connectivity index (χ0n) is 14.4.